The molecule has 6 heteroatoms. The first-order chi connectivity index (χ1) is 11.9. The van der Waals surface area contributed by atoms with E-state index in [1.54, 1.807) is 42.5 Å². The van der Waals surface area contributed by atoms with Crippen molar-refractivity contribution in [3.8, 4) is 11.5 Å². The average molecular weight is 342 g/mol. The molecule has 0 heterocycles. The number of carbonyl (C=O) groups is 2. The number of hydrogen-bond donors (Lipinski definition) is 2. The minimum atomic E-state index is -0.281. The van der Waals surface area contributed by atoms with E-state index >= 15 is 0 Å². The van der Waals surface area contributed by atoms with Crippen molar-refractivity contribution in [2.75, 3.05) is 24.9 Å². The molecule has 2 aromatic rings. The third-order valence-electron chi connectivity index (χ3n) is 3.55. The van der Waals surface area contributed by atoms with Crippen LogP contribution < -0.4 is 20.1 Å². The van der Waals surface area contributed by atoms with Gasteiger partial charge >= 0.3 is 0 Å². The van der Waals surface area contributed by atoms with E-state index in [1.165, 1.54) is 14.2 Å². The summed E-state index contributed by atoms with van der Waals surface area (Å²) in [5.41, 5.74) is 1.72. The van der Waals surface area contributed by atoms with Crippen LogP contribution in [0.25, 0.3) is 0 Å². The molecule has 2 N–H and O–H groups in total. The lowest BCUT2D eigenvalue weighted by Gasteiger charge is -2.11. The summed E-state index contributed by atoms with van der Waals surface area (Å²) in [7, 11) is 3.06. The summed E-state index contributed by atoms with van der Waals surface area (Å²) in [5, 5.41) is 5.60. The number of anilines is 2. The fourth-order valence-corrected chi connectivity index (χ4v) is 2.07. The molecule has 0 fully saturated rings. The van der Waals surface area contributed by atoms with Gasteiger partial charge in [0.2, 0.25) is 5.91 Å². The monoisotopic (exact) mass is 342 g/mol. The van der Waals surface area contributed by atoms with Crippen molar-refractivity contribution in [2.45, 2.75) is 13.8 Å². The molecule has 2 aromatic carbocycles. The summed E-state index contributed by atoms with van der Waals surface area (Å²) < 4.78 is 10.3. The van der Waals surface area contributed by atoms with Crippen LogP contribution in [0.2, 0.25) is 0 Å². The minimum absolute atomic E-state index is 0.0553. The molecule has 6 nitrogen and oxygen atoms in total. The predicted octanol–water partition coefficient (Wildman–Crippen LogP) is 3.55. The van der Waals surface area contributed by atoms with Gasteiger partial charge in [0.1, 0.15) is 11.5 Å². The van der Waals surface area contributed by atoms with Gasteiger partial charge in [0.25, 0.3) is 5.91 Å². The lowest BCUT2D eigenvalue weighted by atomic mass is 10.1. The second-order valence-electron chi connectivity index (χ2n) is 5.78. The van der Waals surface area contributed by atoms with E-state index < -0.39 is 0 Å². The van der Waals surface area contributed by atoms with Gasteiger partial charge in [0.15, 0.2) is 0 Å². The van der Waals surface area contributed by atoms with Crippen molar-refractivity contribution in [2.24, 2.45) is 5.92 Å². The first kappa shape index (κ1) is 18.3. The number of benzene rings is 2. The van der Waals surface area contributed by atoms with E-state index in [2.05, 4.69) is 10.6 Å². The smallest absolute Gasteiger partial charge is 0.255 e. The van der Waals surface area contributed by atoms with Crippen LogP contribution in [0.3, 0.4) is 0 Å². The molecule has 0 aliphatic rings. The molecule has 0 unspecified atom stereocenters. The Balaban J connectivity index is 2.09. The fraction of sp³-hybridized carbons (Fsp3) is 0.263. The van der Waals surface area contributed by atoms with Gasteiger partial charge in [-0.3, -0.25) is 9.59 Å². The summed E-state index contributed by atoms with van der Waals surface area (Å²) >= 11 is 0. The van der Waals surface area contributed by atoms with Gasteiger partial charge in [0.05, 0.1) is 14.2 Å². The first-order valence-electron chi connectivity index (χ1n) is 7.88. The van der Waals surface area contributed by atoms with E-state index in [-0.39, 0.29) is 17.7 Å². The van der Waals surface area contributed by atoms with E-state index in [4.69, 9.17) is 9.47 Å². The van der Waals surface area contributed by atoms with E-state index in [0.29, 0.717) is 28.4 Å². The van der Waals surface area contributed by atoms with Crippen LogP contribution in [-0.4, -0.2) is 26.0 Å². The summed E-state index contributed by atoms with van der Waals surface area (Å²) in [6.07, 6.45) is 0. The standard InChI is InChI=1S/C19H22N2O4/c1-12(2)18(22)20-14-5-7-15(8-6-14)21-19(23)13-9-16(24-3)11-17(10-13)25-4/h5-12H,1-4H3,(H,20,22)(H,21,23). The molecule has 132 valence electrons. The molecule has 0 radical (unpaired) electrons. The van der Waals surface area contributed by atoms with Crippen molar-refractivity contribution in [1.29, 1.82) is 0 Å². The van der Waals surface area contributed by atoms with Gasteiger partial charge < -0.3 is 20.1 Å². The minimum Gasteiger partial charge on any atom is -0.497 e. The Morgan fingerprint density at radius 1 is 0.840 bits per heavy atom. The second-order valence-corrected chi connectivity index (χ2v) is 5.78. The average Bonchev–Trinajstić information content (AvgIpc) is 2.62. The zero-order chi connectivity index (χ0) is 18.4. The molecular formula is C19H22N2O4. The normalized spacial score (nSPS) is 10.3. The van der Waals surface area contributed by atoms with E-state index in [1.807, 2.05) is 13.8 Å². The Kier molecular flexibility index (Phi) is 6.00. The van der Waals surface area contributed by atoms with Gasteiger partial charge in [0, 0.05) is 28.9 Å². The SMILES string of the molecule is COc1cc(OC)cc(C(=O)Nc2ccc(NC(=O)C(C)C)cc2)c1. The first-order valence-corrected chi connectivity index (χ1v) is 7.88. The molecule has 0 saturated carbocycles. The molecule has 2 amide bonds. The van der Waals surface area contributed by atoms with Crippen LogP contribution in [-0.2, 0) is 4.79 Å². The van der Waals surface area contributed by atoms with Crippen molar-refractivity contribution in [1.82, 2.24) is 0 Å². The molecule has 0 spiro atoms. The van der Waals surface area contributed by atoms with Crippen LogP contribution in [0.15, 0.2) is 42.5 Å². The maximum Gasteiger partial charge on any atom is 0.255 e. The highest BCUT2D eigenvalue weighted by atomic mass is 16.5. The van der Waals surface area contributed by atoms with Crippen LogP contribution >= 0.6 is 0 Å². The Morgan fingerprint density at radius 3 is 1.76 bits per heavy atom. The number of rotatable bonds is 6. The van der Waals surface area contributed by atoms with Crippen molar-refractivity contribution >= 4 is 23.2 Å². The van der Waals surface area contributed by atoms with Gasteiger partial charge in [-0.1, -0.05) is 13.8 Å². The van der Waals surface area contributed by atoms with Crippen molar-refractivity contribution < 1.29 is 19.1 Å². The Bertz CT molecular complexity index is 732. The lowest BCUT2D eigenvalue weighted by molar-refractivity contribution is -0.118. The number of hydrogen-bond acceptors (Lipinski definition) is 4. The Hall–Kier alpha value is -3.02. The maximum atomic E-state index is 12.4. The Labute approximate surface area is 147 Å². The molecule has 0 aromatic heterocycles. The van der Waals surface area contributed by atoms with Crippen LogP contribution in [0.4, 0.5) is 11.4 Å². The molecule has 0 atom stereocenters. The number of nitrogens with one attached hydrogen (secondary N) is 2. The molecular weight excluding hydrogens is 320 g/mol. The predicted molar refractivity (Wildman–Crippen MR) is 97.4 cm³/mol. The fourth-order valence-electron chi connectivity index (χ4n) is 2.07. The highest BCUT2D eigenvalue weighted by Gasteiger charge is 2.11. The maximum absolute atomic E-state index is 12.4. The molecule has 0 aliphatic heterocycles. The van der Waals surface area contributed by atoms with E-state index in [0.717, 1.165) is 0 Å². The van der Waals surface area contributed by atoms with Crippen molar-refractivity contribution in [3.05, 3.63) is 48.0 Å². The number of methoxy groups -OCH3 is 2. The van der Waals surface area contributed by atoms with Gasteiger partial charge in [-0.25, -0.2) is 0 Å². The molecule has 0 saturated heterocycles. The highest BCUT2D eigenvalue weighted by Crippen LogP contribution is 2.23. The molecule has 25 heavy (non-hydrogen) atoms. The highest BCUT2D eigenvalue weighted by molar-refractivity contribution is 6.05. The Morgan fingerprint density at radius 2 is 1.32 bits per heavy atom. The number of ether oxygens (including phenoxy) is 2. The molecule has 2 rings (SSSR count). The van der Waals surface area contributed by atoms with Gasteiger partial charge in [-0.05, 0) is 36.4 Å². The zero-order valence-electron chi connectivity index (χ0n) is 14.8. The number of amides is 2. The van der Waals surface area contributed by atoms with Gasteiger partial charge in [-0.15, -0.1) is 0 Å². The zero-order valence-corrected chi connectivity index (χ0v) is 14.8. The summed E-state index contributed by atoms with van der Waals surface area (Å²) in [5.74, 6) is 0.645. The lowest BCUT2D eigenvalue weighted by Crippen LogP contribution is -2.17. The summed E-state index contributed by atoms with van der Waals surface area (Å²) in [4.78, 5) is 24.1. The third-order valence-corrected chi connectivity index (χ3v) is 3.55. The topological polar surface area (TPSA) is 76.7 Å². The van der Waals surface area contributed by atoms with Crippen LogP contribution in [0.5, 0.6) is 11.5 Å². The third kappa shape index (κ3) is 4.97. The largest absolute Gasteiger partial charge is 0.497 e. The summed E-state index contributed by atoms with van der Waals surface area (Å²) in [6.45, 7) is 3.65. The van der Waals surface area contributed by atoms with Gasteiger partial charge in [-0.2, -0.15) is 0 Å². The number of carbonyl (C=O) groups excluding carboxylic acids is 2. The van der Waals surface area contributed by atoms with Crippen LogP contribution in [0, 0.1) is 5.92 Å². The van der Waals surface area contributed by atoms with Crippen LogP contribution in [0.1, 0.15) is 24.2 Å². The second kappa shape index (κ2) is 8.19. The molecule has 0 aliphatic carbocycles. The van der Waals surface area contributed by atoms with Crippen molar-refractivity contribution in [3.63, 3.8) is 0 Å². The quantitative estimate of drug-likeness (QED) is 0.842. The summed E-state index contributed by atoms with van der Waals surface area (Å²) in [6, 6.07) is 11.9. The van der Waals surface area contributed by atoms with E-state index in [9.17, 15) is 9.59 Å². The molecule has 0 bridgehead atoms.